The third-order valence-electron chi connectivity index (χ3n) is 3.40. The van der Waals surface area contributed by atoms with Crippen molar-refractivity contribution in [2.24, 2.45) is 13.0 Å². The topological polar surface area (TPSA) is 46.9 Å². The van der Waals surface area contributed by atoms with E-state index in [9.17, 15) is 4.79 Å². The summed E-state index contributed by atoms with van der Waals surface area (Å²) in [7, 11) is 1.86. The number of fused-ring (bicyclic) bond motifs is 1. The molecule has 0 aliphatic heterocycles. The molecule has 1 heterocycles. The van der Waals surface area contributed by atoms with Crippen molar-refractivity contribution in [2.45, 2.75) is 19.8 Å². The third kappa shape index (κ3) is 3.39. The van der Waals surface area contributed by atoms with Crippen molar-refractivity contribution < 1.29 is 4.79 Å². The molecule has 0 saturated carbocycles. The van der Waals surface area contributed by atoms with Crippen LogP contribution in [0.3, 0.4) is 0 Å². The molecule has 0 spiro atoms. The van der Waals surface area contributed by atoms with Gasteiger partial charge in [0.25, 0.3) is 5.91 Å². The van der Waals surface area contributed by atoms with E-state index >= 15 is 0 Å². The fourth-order valence-electron chi connectivity index (χ4n) is 2.19. The first-order chi connectivity index (χ1) is 9.63. The number of halogens is 1. The van der Waals surface area contributed by atoms with E-state index in [0.29, 0.717) is 18.2 Å². The average molecular weight is 338 g/mol. The van der Waals surface area contributed by atoms with Crippen LogP contribution in [0.25, 0.3) is 10.9 Å². The first-order valence-corrected chi connectivity index (χ1v) is 8.01. The smallest absolute Gasteiger partial charge is 0.272 e. The molecule has 0 aliphatic carbocycles. The zero-order chi connectivity index (χ0) is 14.5. The molecule has 0 radical (unpaired) electrons. The molecule has 1 aromatic heterocycles. The first kappa shape index (κ1) is 15.0. The number of carbonyl (C=O) groups is 1. The highest BCUT2D eigenvalue weighted by Crippen LogP contribution is 2.17. The van der Waals surface area contributed by atoms with E-state index in [2.05, 4.69) is 33.3 Å². The second-order valence-corrected chi connectivity index (χ2v) is 5.79. The van der Waals surface area contributed by atoms with Gasteiger partial charge in [0.2, 0.25) is 0 Å². The van der Waals surface area contributed by atoms with Crippen molar-refractivity contribution in [3.8, 4) is 0 Å². The van der Waals surface area contributed by atoms with Crippen LogP contribution in [0.4, 0.5) is 0 Å². The molecule has 1 atom stereocenters. The van der Waals surface area contributed by atoms with Crippen LogP contribution < -0.4 is 5.32 Å². The van der Waals surface area contributed by atoms with Crippen molar-refractivity contribution in [1.82, 2.24) is 15.1 Å². The summed E-state index contributed by atoms with van der Waals surface area (Å²) in [6.07, 6.45) is 2.10. The van der Waals surface area contributed by atoms with E-state index in [0.717, 1.165) is 29.1 Å². The van der Waals surface area contributed by atoms with E-state index in [-0.39, 0.29) is 5.91 Å². The lowest BCUT2D eigenvalue weighted by Gasteiger charge is -2.07. The van der Waals surface area contributed by atoms with Crippen LogP contribution in [0, 0.1) is 5.92 Å². The van der Waals surface area contributed by atoms with Gasteiger partial charge in [0.05, 0.1) is 5.52 Å². The van der Waals surface area contributed by atoms with E-state index < -0.39 is 0 Å². The fraction of sp³-hybridized carbons (Fsp3) is 0.467. The van der Waals surface area contributed by atoms with E-state index in [1.165, 1.54) is 0 Å². The monoisotopic (exact) mass is 337 g/mol. The zero-order valence-corrected chi connectivity index (χ0v) is 13.5. The molecule has 2 rings (SSSR count). The van der Waals surface area contributed by atoms with E-state index in [1.807, 2.05) is 31.3 Å². The van der Waals surface area contributed by atoms with Crippen LogP contribution in [0.1, 0.15) is 30.3 Å². The Morgan fingerprint density at radius 1 is 1.45 bits per heavy atom. The fourth-order valence-corrected chi connectivity index (χ4v) is 2.52. The minimum Gasteiger partial charge on any atom is -0.351 e. The molecule has 1 aromatic carbocycles. The van der Waals surface area contributed by atoms with Gasteiger partial charge in [-0.15, -0.1) is 0 Å². The summed E-state index contributed by atoms with van der Waals surface area (Å²) in [5.41, 5.74) is 1.49. The number of hydrogen-bond acceptors (Lipinski definition) is 2. The molecule has 2 aromatic rings. The van der Waals surface area contributed by atoms with E-state index in [4.69, 9.17) is 0 Å². The van der Waals surface area contributed by atoms with Crippen LogP contribution in [-0.2, 0) is 7.05 Å². The lowest BCUT2D eigenvalue weighted by molar-refractivity contribution is 0.0948. The van der Waals surface area contributed by atoms with Gasteiger partial charge in [-0.25, -0.2) is 0 Å². The summed E-state index contributed by atoms with van der Waals surface area (Å²) in [5.74, 6) is 0.552. The maximum atomic E-state index is 12.2. The largest absolute Gasteiger partial charge is 0.351 e. The number of alkyl halides is 1. The van der Waals surface area contributed by atoms with Gasteiger partial charge in [0, 0.05) is 24.3 Å². The lowest BCUT2D eigenvalue weighted by Crippen LogP contribution is -2.25. The minimum absolute atomic E-state index is 0.0895. The highest BCUT2D eigenvalue weighted by molar-refractivity contribution is 9.09. The molecule has 5 heteroatoms. The standard InChI is InChI=1S/C15H20BrN3O/c1-11(10-16)6-5-9-17-15(20)14-12-7-3-4-8-13(12)19(2)18-14/h3-4,7-8,11H,5-6,9-10H2,1-2H3,(H,17,20). The van der Waals surface area contributed by atoms with Gasteiger partial charge in [-0.2, -0.15) is 5.10 Å². The highest BCUT2D eigenvalue weighted by Gasteiger charge is 2.14. The number of hydrogen-bond donors (Lipinski definition) is 1. The molecular weight excluding hydrogens is 318 g/mol. The number of nitrogens with zero attached hydrogens (tertiary/aromatic N) is 2. The van der Waals surface area contributed by atoms with Gasteiger partial charge in [-0.1, -0.05) is 41.1 Å². The van der Waals surface area contributed by atoms with Crippen molar-refractivity contribution in [2.75, 3.05) is 11.9 Å². The highest BCUT2D eigenvalue weighted by atomic mass is 79.9. The predicted molar refractivity (Wildman–Crippen MR) is 85.2 cm³/mol. The molecule has 108 valence electrons. The summed E-state index contributed by atoms with van der Waals surface area (Å²) in [5, 5.41) is 9.18. The molecule has 20 heavy (non-hydrogen) atoms. The Balaban J connectivity index is 1.98. The summed E-state index contributed by atoms with van der Waals surface area (Å²) in [6, 6.07) is 7.78. The average Bonchev–Trinajstić information content (AvgIpc) is 2.81. The Bertz CT molecular complexity index is 594. The molecule has 1 N–H and O–H groups in total. The van der Waals surface area contributed by atoms with Crippen LogP contribution >= 0.6 is 15.9 Å². The Kier molecular flexibility index (Phi) is 5.17. The number of nitrogens with one attached hydrogen (secondary N) is 1. The maximum Gasteiger partial charge on any atom is 0.272 e. The number of para-hydroxylation sites is 1. The number of amides is 1. The van der Waals surface area contributed by atoms with Gasteiger partial charge < -0.3 is 5.32 Å². The lowest BCUT2D eigenvalue weighted by atomic mass is 10.1. The quantitative estimate of drug-likeness (QED) is 0.650. The molecule has 4 nitrogen and oxygen atoms in total. The second-order valence-electron chi connectivity index (χ2n) is 5.15. The number of carbonyl (C=O) groups excluding carboxylic acids is 1. The van der Waals surface area contributed by atoms with Gasteiger partial charge >= 0.3 is 0 Å². The summed E-state index contributed by atoms with van der Waals surface area (Å²) in [4.78, 5) is 12.2. The van der Waals surface area contributed by atoms with Crippen molar-refractivity contribution in [3.63, 3.8) is 0 Å². The zero-order valence-electron chi connectivity index (χ0n) is 11.9. The Morgan fingerprint density at radius 2 is 2.20 bits per heavy atom. The maximum absolute atomic E-state index is 12.2. The Labute approximate surface area is 127 Å². The molecular formula is C15H20BrN3O. The minimum atomic E-state index is -0.0895. The molecule has 0 aliphatic rings. The Hall–Kier alpha value is -1.36. The first-order valence-electron chi connectivity index (χ1n) is 6.89. The normalized spacial score (nSPS) is 12.6. The molecule has 0 fully saturated rings. The van der Waals surface area contributed by atoms with Crippen LogP contribution in [0.2, 0.25) is 0 Å². The molecule has 0 bridgehead atoms. The second kappa shape index (κ2) is 6.88. The molecule has 0 saturated heterocycles. The van der Waals surface area contributed by atoms with Crippen LogP contribution in [-0.4, -0.2) is 27.6 Å². The number of aryl methyl sites for hydroxylation is 1. The van der Waals surface area contributed by atoms with Crippen molar-refractivity contribution in [3.05, 3.63) is 30.0 Å². The van der Waals surface area contributed by atoms with Crippen LogP contribution in [0.15, 0.2) is 24.3 Å². The summed E-state index contributed by atoms with van der Waals surface area (Å²) < 4.78 is 1.75. The number of benzene rings is 1. The Morgan fingerprint density at radius 3 is 2.95 bits per heavy atom. The summed E-state index contributed by atoms with van der Waals surface area (Å²) in [6.45, 7) is 2.89. The predicted octanol–water partition coefficient (Wildman–Crippen LogP) is 3.11. The molecule has 1 amide bonds. The SMILES string of the molecule is CC(CBr)CCCNC(=O)c1nn(C)c2ccccc12. The van der Waals surface area contributed by atoms with Gasteiger partial charge in [-0.05, 0) is 24.8 Å². The summed E-state index contributed by atoms with van der Waals surface area (Å²) >= 11 is 3.46. The van der Waals surface area contributed by atoms with E-state index in [1.54, 1.807) is 4.68 Å². The van der Waals surface area contributed by atoms with Crippen molar-refractivity contribution >= 4 is 32.7 Å². The number of rotatable bonds is 6. The van der Waals surface area contributed by atoms with Gasteiger partial charge in [-0.3, -0.25) is 9.48 Å². The van der Waals surface area contributed by atoms with Gasteiger partial charge in [0.15, 0.2) is 5.69 Å². The van der Waals surface area contributed by atoms with Crippen molar-refractivity contribution in [1.29, 1.82) is 0 Å². The molecule has 1 unspecified atom stereocenters. The van der Waals surface area contributed by atoms with Crippen LogP contribution in [0.5, 0.6) is 0 Å². The number of aromatic nitrogens is 2. The van der Waals surface area contributed by atoms with Gasteiger partial charge in [0.1, 0.15) is 0 Å². The third-order valence-corrected chi connectivity index (χ3v) is 4.50.